The molecule has 92 valence electrons. The predicted octanol–water partition coefficient (Wildman–Crippen LogP) is 2.46. The quantitative estimate of drug-likeness (QED) is 0.805. The van der Waals surface area contributed by atoms with Gasteiger partial charge in [0.1, 0.15) is 11.6 Å². The normalized spacial score (nSPS) is 14.5. The first kappa shape index (κ1) is 11.9. The molecule has 1 saturated carbocycles. The number of amides is 1. The van der Waals surface area contributed by atoms with E-state index in [2.05, 4.69) is 0 Å². The van der Waals surface area contributed by atoms with E-state index in [1.165, 1.54) is 25.3 Å². The SMILES string of the molecule is CCN(C(=O)c1cc(F)ccc1OC)C1CC1. The van der Waals surface area contributed by atoms with Gasteiger partial charge in [-0.15, -0.1) is 0 Å². The van der Waals surface area contributed by atoms with Crippen LogP contribution in [0.1, 0.15) is 30.1 Å². The maximum absolute atomic E-state index is 13.2. The smallest absolute Gasteiger partial charge is 0.257 e. The lowest BCUT2D eigenvalue weighted by Gasteiger charge is -2.21. The molecule has 1 aliphatic carbocycles. The van der Waals surface area contributed by atoms with Crippen LogP contribution in [0.3, 0.4) is 0 Å². The maximum atomic E-state index is 13.2. The Hall–Kier alpha value is -1.58. The second-order valence-electron chi connectivity index (χ2n) is 4.17. The van der Waals surface area contributed by atoms with Gasteiger partial charge in [-0.25, -0.2) is 4.39 Å². The fourth-order valence-corrected chi connectivity index (χ4v) is 1.96. The fourth-order valence-electron chi connectivity index (χ4n) is 1.96. The molecule has 3 nitrogen and oxygen atoms in total. The molecule has 0 bridgehead atoms. The van der Waals surface area contributed by atoms with E-state index in [0.29, 0.717) is 23.9 Å². The molecule has 4 heteroatoms. The van der Waals surface area contributed by atoms with Gasteiger partial charge in [0.05, 0.1) is 12.7 Å². The molecule has 0 heterocycles. The minimum Gasteiger partial charge on any atom is -0.496 e. The van der Waals surface area contributed by atoms with Gasteiger partial charge in [-0.3, -0.25) is 4.79 Å². The van der Waals surface area contributed by atoms with Crippen molar-refractivity contribution in [3.8, 4) is 5.75 Å². The van der Waals surface area contributed by atoms with E-state index in [4.69, 9.17) is 4.74 Å². The lowest BCUT2D eigenvalue weighted by atomic mass is 10.1. The highest BCUT2D eigenvalue weighted by Crippen LogP contribution is 2.30. The number of halogens is 1. The fraction of sp³-hybridized carbons (Fsp3) is 0.462. The number of nitrogens with zero attached hydrogens (tertiary/aromatic N) is 1. The van der Waals surface area contributed by atoms with Gasteiger partial charge < -0.3 is 9.64 Å². The monoisotopic (exact) mass is 237 g/mol. The zero-order valence-electron chi connectivity index (χ0n) is 10.1. The maximum Gasteiger partial charge on any atom is 0.257 e. The van der Waals surface area contributed by atoms with Crippen molar-refractivity contribution in [2.45, 2.75) is 25.8 Å². The molecule has 17 heavy (non-hydrogen) atoms. The van der Waals surface area contributed by atoms with Gasteiger partial charge in [0.2, 0.25) is 0 Å². The number of rotatable bonds is 4. The molecule has 1 aliphatic rings. The molecule has 0 aromatic heterocycles. The topological polar surface area (TPSA) is 29.5 Å². The summed E-state index contributed by atoms with van der Waals surface area (Å²) in [6.45, 7) is 2.57. The number of hydrogen-bond donors (Lipinski definition) is 0. The van der Waals surface area contributed by atoms with Crippen LogP contribution < -0.4 is 4.74 Å². The Balaban J connectivity index is 2.31. The lowest BCUT2D eigenvalue weighted by Crippen LogP contribution is -2.33. The Bertz CT molecular complexity index is 429. The summed E-state index contributed by atoms with van der Waals surface area (Å²) in [5.41, 5.74) is 0.307. The largest absolute Gasteiger partial charge is 0.496 e. The first-order chi connectivity index (χ1) is 8.17. The number of methoxy groups -OCH3 is 1. The number of benzene rings is 1. The third-order valence-corrected chi connectivity index (χ3v) is 2.98. The number of hydrogen-bond acceptors (Lipinski definition) is 2. The molecular formula is C13H16FNO2. The van der Waals surface area contributed by atoms with Gasteiger partial charge in [0, 0.05) is 12.6 Å². The standard InChI is InChI=1S/C13H16FNO2/c1-3-15(10-5-6-10)13(16)11-8-9(14)4-7-12(11)17-2/h4,7-8,10H,3,5-6H2,1-2H3. The van der Waals surface area contributed by atoms with Crippen LogP contribution in [0.4, 0.5) is 4.39 Å². The highest BCUT2D eigenvalue weighted by Gasteiger charge is 2.33. The van der Waals surface area contributed by atoms with E-state index in [9.17, 15) is 9.18 Å². The summed E-state index contributed by atoms with van der Waals surface area (Å²) in [5.74, 6) is -0.136. The van der Waals surface area contributed by atoms with Crippen molar-refractivity contribution in [2.75, 3.05) is 13.7 Å². The molecule has 0 atom stereocenters. The molecule has 0 N–H and O–H groups in total. The van der Waals surface area contributed by atoms with Crippen molar-refractivity contribution >= 4 is 5.91 Å². The molecule has 0 radical (unpaired) electrons. The molecular weight excluding hydrogens is 221 g/mol. The van der Waals surface area contributed by atoms with Gasteiger partial charge in [0.15, 0.2) is 0 Å². The Morgan fingerprint density at radius 3 is 2.76 bits per heavy atom. The van der Waals surface area contributed by atoms with Crippen LogP contribution in [0.2, 0.25) is 0 Å². The van der Waals surface area contributed by atoms with Gasteiger partial charge >= 0.3 is 0 Å². The number of carbonyl (C=O) groups is 1. The highest BCUT2D eigenvalue weighted by molar-refractivity contribution is 5.97. The van der Waals surface area contributed by atoms with Crippen LogP contribution in [-0.2, 0) is 0 Å². The summed E-state index contributed by atoms with van der Waals surface area (Å²) < 4.78 is 18.3. The number of carbonyl (C=O) groups excluding carboxylic acids is 1. The average Bonchev–Trinajstić information content (AvgIpc) is 3.14. The summed E-state index contributed by atoms with van der Waals surface area (Å²) >= 11 is 0. The van der Waals surface area contributed by atoms with Crippen molar-refractivity contribution in [3.63, 3.8) is 0 Å². The molecule has 0 spiro atoms. The first-order valence-corrected chi connectivity index (χ1v) is 5.82. The molecule has 0 saturated heterocycles. The van der Waals surface area contributed by atoms with Crippen molar-refractivity contribution in [2.24, 2.45) is 0 Å². The zero-order valence-corrected chi connectivity index (χ0v) is 10.1. The van der Waals surface area contributed by atoms with E-state index < -0.39 is 5.82 Å². The molecule has 2 rings (SSSR count). The van der Waals surface area contributed by atoms with Crippen molar-refractivity contribution in [1.82, 2.24) is 4.90 Å². The summed E-state index contributed by atoms with van der Waals surface area (Å²) in [6, 6.07) is 4.35. The van der Waals surface area contributed by atoms with Crippen LogP contribution >= 0.6 is 0 Å². The number of ether oxygens (including phenoxy) is 1. The van der Waals surface area contributed by atoms with Crippen LogP contribution in [0, 0.1) is 5.82 Å². The molecule has 1 aromatic carbocycles. The van der Waals surface area contributed by atoms with Gasteiger partial charge in [-0.2, -0.15) is 0 Å². The van der Waals surface area contributed by atoms with Gasteiger partial charge in [-0.1, -0.05) is 0 Å². The van der Waals surface area contributed by atoms with E-state index in [1.807, 2.05) is 6.92 Å². The van der Waals surface area contributed by atoms with Gasteiger partial charge in [-0.05, 0) is 38.0 Å². The molecule has 1 aromatic rings. The average molecular weight is 237 g/mol. The van der Waals surface area contributed by atoms with Crippen LogP contribution in [0.25, 0.3) is 0 Å². The molecule has 0 aliphatic heterocycles. The predicted molar refractivity (Wildman–Crippen MR) is 62.7 cm³/mol. The van der Waals surface area contributed by atoms with Crippen molar-refractivity contribution < 1.29 is 13.9 Å². The van der Waals surface area contributed by atoms with E-state index >= 15 is 0 Å². The third kappa shape index (κ3) is 2.40. The Kier molecular flexibility index (Phi) is 3.31. The van der Waals surface area contributed by atoms with E-state index in [-0.39, 0.29) is 5.91 Å². The summed E-state index contributed by atoms with van der Waals surface area (Å²) in [7, 11) is 1.48. The lowest BCUT2D eigenvalue weighted by molar-refractivity contribution is 0.0748. The highest BCUT2D eigenvalue weighted by atomic mass is 19.1. The second-order valence-corrected chi connectivity index (χ2v) is 4.17. The minimum absolute atomic E-state index is 0.147. The molecule has 1 fully saturated rings. The summed E-state index contributed by atoms with van der Waals surface area (Å²) in [4.78, 5) is 14.0. The molecule has 1 amide bonds. The second kappa shape index (κ2) is 4.73. The Morgan fingerprint density at radius 2 is 2.24 bits per heavy atom. The Labute approximate surface area is 100 Å². The van der Waals surface area contributed by atoms with Crippen LogP contribution in [-0.4, -0.2) is 30.5 Å². The first-order valence-electron chi connectivity index (χ1n) is 5.82. The third-order valence-electron chi connectivity index (χ3n) is 2.98. The Morgan fingerprint density at radius 1 is 1.53 bits per heavy atom. The van der Waals surface area contributed by atoms with Crippen LogP contribution in [0.15, 0.2) is 18.2 Å². The van der Waals surface area contributed by atoms with Crippen LogP contribution in [0.5, 0.6) is 5.75 Å². The summed E-state index contributed by atoms with van der Waals surface area (Å²) in [6.07, 6.45) is 2.08. The minimum atomic E-state index is -0.416. The van der Waals surface area contributed by atoms with Crippen molar-refractivity contribution in [3.05, 3.63) is 29.6 Å². The van der Waals surface area contributed by atoms with E-state index in [0.717, 1.165) is 12.8 Å². The van der Waals surface area contributed by atoms with Crippen molar-refractivity contribution in [1.29, 1.82) is 0 Å². The zero-order chi connectivity index (χ0) is 12.4. The summed E-state index contributed by atoms with van der Waals surface area (Å²) in [5, 5.41) is 0. The molecule has 0 unspecified atom stereocenters. The van der Waals surface area contributed by atoms with E-state index in [1.54, 1.807) is 4.90 Å². The van der Waals surface area contributed by atoms with Gasteiger partial charge in [0.25, 0.3) is 5.91 Å².